The fraction of sp³-hybridized carbons (Fsp3) is 0. The minimum Gasteiger partial charge on any atom is -0.507 e. The zero-order chi connectivity index (χ0) is 20.4. The Balaban J connectivity index is 1.80. The standard InChI is InChI=1S/C25H17FO3/c26-20-12-9-16(10-13-20)18-11-14-22(25(28)29)19(15-18)8-7-17-3-1-5-23-21(17)4-2-6-24(23)27/h1-15,27H,(H,28,29)/b8-7+. The summed E-state index contributed by atoms with van der Waals surface area (Å²) in [6, 6.07) is 22.0. The summed E-state index contributed by atoms with van der Waals surface area (Å²) >= 11 is 0. The second-order valence-corrected chi connectivity index (χ2v) is 6.67. The lowest BCUT2D eigenvalue weighted by atomic mass is 9.97. The van der Waals surface area contributed by atoms with E-state index in [-0.39, 0.29) is 17.1 Å². The SMILES string of the molecule is O=C(O)c1ccc(-c2ccc(F)cc2)cc1/C=C/c1cccc2c(O)cccc12. The van der Waals surface area contributed by atoms with Crippen LogP contribution in [0.5, 0.6) is 5.75 Å². The van der Waals surface area contributed by atoms with Gasteiger partial charge in [-0.1, -0.05) is 60.7 Å². The van der Waals surface area contributed by atoms with Crippen LogP contribution in [0.3, 0.4) is 0 Å². The van der Waals surface area contributed by atoms with Crippen molar-refractivity contribution < 1.29 is 19.4 Å². The van der Waals surface area contributed by atoms with Crippen LogP contribution in [0.15, 0.2) is 78.9 Å². The van der Waals surface area contributed by atoms with E-state index in [9.17, 15) is 19.4 Å². The lowest BCUT2D eigenvalue weighted by molar-refractivity contribution is 0.0696. The molecule has 29 heavy (non-hydrogen) atoms. The third kappa shape index (κ3) is 3.73. The molecule has 0 fully saturated rings. The molecule has 0 amide bonds. The van der Waals surface area contributed by atoms with Gasteiger partial charge in [-0.05, 0) is 58.0 Å². The van der Waals surface area contributed by atoms with Crippen molar-refractivity contribution in [3.8, 4) is 16.9 Å². The lowest BCUT2D eigenvalue weighted by Gasteiger charge is -2.08. The highest BCUT2D eigenvalue weighted by Crippen LogP contribution is 2.29. The van der Waals surface area contributed by atoms with Crippen LogP contribution in [0.1, 0.15) is 21.5 Å². The molecule has 0 atom stereocenters. The van der Waals surface area contributed by atoms with Crippen LogP contribution >= 0.6 is 0 Å². The fourth-order valence-electron chi connectivity index (χ4n) is 3.36. The Morgan fingerprint density at radius 2 is 1.41 bits per heavy atom. The van der Waals surface area contributed by atoms with Gasteiger partial charge in [-0.15, -0.1) is 0 Å². The van der Waals surface area contributed by atoms with Crippen molar-refractivity contribution >= 4 is 28.9 Å². The summed E-state index contributed by atoms with van der Waals surface area (Å²) in [4.78, 5) is 11.7. The van der Waals surface area contributed by atoms with Crippen LogP contribution in [0, 0.1) is 5.82 Å². The number of carboxylic acid groups (broad SMARTS) is 1. The van der Waals surface area contributed by atoms with E-state index in [1.54, 1.807) is 48.5 Å². The van der Waals surface area contributed by atoms with Gasteiger partial charge in [-0.3, -0.25) is 0 Å². The largest absolute Gasteiger partial charge is 0.507 e. The number of phenolic OH excluding ortho intramolecular Hbond substituents is 1. The predicted octanol–water partition coefficient (Wildman–Crippen LogP) is 6.22. The van der Waals surface area contributed by atoms with Crippen molar-refractivity contribution in [2.24, 2.45) is 0 Å². The first-order chi connectivity index (χ1) is 14.0. The topological polar surface area (TPSA) is 57.5 Å². The first-order valence-corrected chi connectivity index (χ1v) is 9.05. The smallest absolute Gasteiger partial charge is 0.336 e. The molecule has 0 spiro atoms. The van der Waals surface area contributed by atoms with Gasteiger partial charge >= 0.3 is 5.97 Å². The summed E-state index contributed by atoms with van der Waals surface area (Å²) in [5.41, 5.74) is 3.17. The van der Waals surface area contributed by atoms with E-state index in [4.69, 9.17) is 0 Å². The first-order valence-electron chi connectivity index (χ1n) is 9.05. The molecule has 142 valence electrons. The molecule has 0 aliphatic carbocycles. The molecule has 0 bridgehead atoms. The normalized spacial score (nSPS) is 11.2. The number of benzene rings is 4. The Bertz CT molecular complexity index is 1240. The van der Waals surface area contributed by atoms with E-state index in [0.29, 0.717) is 5.56 Å². The number of phenols is 1. The second-order valence-electron chi connectivity index (χ2n) is 6.67. The summed E-state index contributed by atoms with van der Waals surface area (Å²) in [5.74, 6) is -1.15. The zero-order valence-corrected chi connectivity index (χ0v) is 15.3. The highest BCUT2D eigenvalue weighted by molar-refractivity contribution is 5.98. The number of halogens is 1. The van der Waals surface area contributed by atoms with Crippen molar-refractivity contribution in [1.29, 1.82) is 0 Å². The lowest BCUT2D eigenvalue weighted by Crippen LogP contribution is -1.99. The Morgan fingerprint density at radius 3 is 2.17 bits per heavy atom. The molecular formula is C25H17FO3. The number of aromatic carboxylic acids is 1. The molecule has 4 heteroatoms. The van der Waals surface area contributed by atoms with Crippen LogP contribution in [0.25, 0.3) is 34.1 Å². The van der Waals surface area contributed by atoms with Gasteiger partial charge in [0.1, 0.15) is 11.6 Å². The minimum atomic E-state index is -1.02. The van der Waals surface area contributed by atoms with E-state index in [1.807, 2.05) is 30.3 Å². The van der Waals surface area contributed by atoms with Crippen molar-refractivity contribution in [2.75, 3.05) is 0 Å². The van der Waals surface area contributed by atoms with Crippen molar-refractivity contribution in [2.45, 2.75) is 0 Å². The number of aromatic hydroxyl groups is 1. The van der Waals surface area contributed by atoms with Crippen LogP contribution in [0.4, 0.5) is 4.39 Å². The van der Waals surface area contributed by atoms with Crippen LogP contribution in [-0.2, 0) is 0 Å². The highest BCUT2D eigenvalue weighted by Gasteiger charge is 2.10. The van der Waals surface area contributed by atoms with Gasteiger partial charge in [0.25, 0.3) is 0 Å². The maximum absolute atomic E-state index is 13.2. The van der Waals surface area contributed by atoms with E-state index < -0.39 is 5.97 Å². The predicted molar refractivity (Wildman–Crippen MR) is 113 cm³/mol. The van der Waals surface area contributed by atoms with Gasteiger partial charge in [0.05, 0.1) is 5.56 Å². The van der Waals surface area contributed by atoms with Crippen LogP contribution in [-0.4, -0.2) is 16.2 Å². The molecule has 4 aromatic rings. The number of fused-ring (bicyclic) bond motifs is 1. The summed E-state index contributed by atoms with van der Waals surface area (Å²) in [5, 5.41) is 21.2. The quantitative estimate of drug-likeness (QED) is 0.411. The molecular weight excluding hydrogens is 367 g/mol. The van der Waals surface area contributed by atoms with Gasteiger partial charge in [0, 0.05) is 5.39 Å². The van der Waals surface area contributed by atoms with Crippen molar-refractivity contribution in [3.63, 3.8) is 0 Å². The number of rotatable bonds is 4. The maximum Gasteiger partial charge on any atom is 0.336 e. The molecule has 0 radical (unpaired) electrons. The summed E-state index contributed by atoms with van der Waals surface area (Å²) in [7, 11) is 0. The number of hydrogen-bond acceptors (Lipinski definition) is 2. The molecule has 0 aliphatic rings. The Kier molecular flexibility index (Phi) is 4.83. The highest BCUT2D eigenvalue weighted by atomic mass is 19.1. The van der Waals surface area contributed by atoms with Gasteiger partial charge < -0.3 is 10.2 Å². The molecule has 0 aromatic heterocycles. The van der Waals surface area contributed by atoms with Crippen LogP contribution < -0.4 is 0 Å². The summed E-state index contributed by atoms with van der Waals surface area (Å²) in [6.07, 6.45) is 3.58. The van der Waals surface area contributed by atoms with Crippen molar-refractivity contribution in [3.05, 3.63) is 101 Å². The minimum absolute atomic E-state index is 0.176. The van der Waals surface area contributed by atoms with Crippen molar-refractivity contribution in [1.82, 2.24) is 0 Å². The number of carboxylic acids is 1. The van der Waals surface area contributed by atoms with Gasteiger partial charge in [-0.2, -0.15) is 0 Å². The van der Waals surface area contributed by atoms with E-state index in [0.717, 1.165) is 27.5 Å². The average Bonchev–Trinajstić information content (AvgIpc) is 2.73. The maximum atomic E-state index is 13.2. The third-order valence-electron chi connectivity index (χ3n) is 4.83. The molecule has 3 nitrogen and oxygen atoms in total. The average molecular weight is 384 g/mol. The number of hydrogen-bond donors (Lipinski definition) is 2. The van der Waals surface area contributed by atoms with E-state index in [1.165, 1.54) is 12.1 Å². The Morgan fingerprint density at radius 1 is 0.759 bits per heavy atom. The fourth-order valence-corrected chi connectivity index (χ4v) is 3.36. The Labute approximate surface area is 167 Å². The second kappa shape index (κ2) is 7.60. The summed E-state index contributed by atoms with van der Waals surface area (Å²) < 4.78 is 13.2. The molecule has 0 heterocycles. The summed E-state index contributed by atoms with van der Waals surface area (Å²) in [6.45, 7) is 0. The molecule has 4 rings (SSSR count). The molecule has 0 saturated carbocycles. The first kappa shape index (κ1) is 18.4. The molecule has 0 unspecified atom stereocenters. The van der Waals surface area contributed by atoms with E-state index >= 15 is 0 Å². The Hall–Kier alpha value is -3.92. The monoisotopic (exact) mass is 384 g/mol. The molecule has 4 aromatic carbocycles. The van der Waals surface area contributed by atoms with Gasteiger partial charge in [-0.25, -0.2) is 9.18 Å². The van der Waals surface area contributed by atoms with Gasteiger partial charge in [0.15, 0.2) is 0 Å². The van der Waals surface area contributed by atoms with Gasteiger partial charge in [0.2, 0.25) is 0 Å². The molecule has 2 N–H and O–H groups in total. The molecule has 0 aliphatic heterocycles. The van der Waals surface area contributed by atoms with E-state index in [2.05, 4.69) is 0 Å². The number of carbonyl (C=O) groups is 1. The molecule has 0 saturated heterocycles. The third-order valence-corrected chi connectivity index (χ3v) is 4.83. The zero-order valence-electron chi connectivity index (χ0n) is 15.3. The van der Waals surface area contributed by atoms with Crippen LogP contribution in [0.2, 0.25) is 0 Å².